The van der Waals surface area contributed by atoms with E-state index in [0.717, 1.165) is 5.69 Å². The highest BCUT2D eigenvalue weighted by Gasteiger charge is 2.05. The SMILES string of the molecule is CC(N)c1ccc(Oc2cnn(C(C)C)c2)cn1. The third-order valence-corrected chi connectivity index (χ3v) is 2.57. The van der Waals surface area contributed by atoms with Gasteiger partial charge in [-0.25, -0.2) is 0 Å². The molecule has 0 aliphatic rings. The Balaban J connectivity index is 2.08. The Kier molecular flexibility index (Phi) is 3.62. The largest absolute Gasteiger partial charge is 0.452 e. The van der Waals surface area contributed by atoms with E-state index in [9.17, 15) is 0 Å². The van der Waals surface area contributed by atoms with Crippen molar-refractivity contribution in [2.45, 2.75) is 32.9 Å². The van der Waals surface area contributed by atoms with Crippen LogP contribution in [0, 0.1) is 0 Å². The van der Waals surface area contributed by atoms with E-state index in [4.69, 9.17) is 10.5 Å². The highest BCUT2D eigenvalue weighted by Crippen LogP contribution is 2.21. The maximum Gasteiger partial charge on any atom is 0.165 e. The molecule has 0 bridgehead atoms. The molecule has 0 saturated heterocycles. The Bertz CT molecular complexity index is 502. The molecule has 2 aromatic heterocycles. The molecule has 0 fully saturated rings. The molecule has 5 nitrogen and oxygen atoms in total. The monoisotopic (exact) mass is 246 g/mol. The molecule has 5 heteroatoms. The summed E-state index contributed by atoms with van der Waals surface area (Å²) in [4.78, 5) is 4.24. The highest BCUT2D eigenvalue weighted by atomic mass is 16.5. The fourth-order valence-corrected chi connectivity index (χ4v) is 1.51. The molecule has 0 aliphatic carbocycles. The van der Waals surface area contributed by atoms with Crippen molar-refractivity contribution in [1.82, 2.24) is 14.8 Å². The minimum absolute atomic E-state index is 0.0669. The molecule has 2 heterocycles. The number of aromatic nitrogens is 3. The standard InChI is InChI=1S/C13H18N4O/c1-9(2)17-8-12(7-16-17)18-11-4-5-13(10(3)14)15-6-11/h4-10H,14H2,1-3H3. The Morgan fingerprint density at radius 3 is 2.44 bits per heavy atom. The number of hydrogen-bond donors (Lipinski definition) is 1. The van der Waals surface area contributed by atoms with Crippen molar-refractivity contribution < 1.29 is 4.74 Å². The number of nitrogens with two attached hydrogens (primary N) is 1. The van der Waals surface area contributed by atoms with Crippen LogP contribution in [0.15, 0.2) is 30.7 Å². The van der Waals surface area contributed by atoms with Crippen molar-refractivity contribution in [2.75, 3.05) is 0 Å². The first kappa shape index (κ1) is 12.6. The first-order chi connectivity index (χ1) is 8.56. The maximum atomic E-state index is 5.74. The molecule has 2 N–H and O–H groups in total. The Morgan fingerprint density at radius 1 is 1.17 bits per heavy atom. The molecule has 96 valence electrons. The lowest BCUT2D eigenvalue weighted by Crippen LogP contribution is -2.06. The van der Waals surface area contributed by atoms with Gasteiger partial charge in [0.05, 0.1) is 24.3 Å². The van der Waals surface area contributed by atoms with E-state index in [2.05, 4.69) is 23.9 Å². The quantitative estimate of drug-likeness (QED) is 0.900. The van der Waals surface area contributed by atoms with Crippen LogP contribution in [0.2, 0.25) is 0 Å². The summed E-state index contributed by atoms with van der Waals surface area (Å²) in [5.74, 6) is 1.39. The van der Waals surface area contributed by atoms with Gasteiger partial charge in [0, 0.05) is 12.1 Å². The molecule has 0 aliphatic heterocycles. The van der Waals surface area contributed by atoms with E-state index in [-0.39, 0.29) is 6.04 Å². The third kappa shape index (κ3) is 2.87. The van der Waals surface area contributed by atoms with Crippen molar-refractivity contribution in [3.05, 3.63) is 36.4 Å². The summed E-state index contributed by atoms with van der Waals surface area (Å²) in [6, 6.07) is 3.98. The number of ether oxygens (including phenoxy) is 1. The van der Waals surface area contributed by atoms with Gasteiger partial charge >= 0.3 is 0 Å². The second-order valence-electron chi connectivity index (χ2n) is 4.56. The van der Waals surface area contributed by atoms with E-state index in [1.807, 2.05) is 29.9 Å². The van der Waals surface area contributed by atoms with Crippen molar-refractivity contribution in [1.29, 1.82) is 0 Å². The van der Waals surface area contributed by atoms with Gasteiger partial charge in [0.1, 0.15) is 5.75 Å². The predicted octanol–water partition coefficient (Wildman–Crippen LogP) is 2.67. The van der Waals surface area contributed by atoms with Gasteiger partial charge in [-0.15, -0.1) is 0 Å². The molecule has 18 heavy (non-hydrogen) atoms. The summed E-state index contributed by atoms with van der Waals surface area (Å²) >= 11 is 0. The topological polar surface area (TPSA) is 66.0 Å². The smallest absolute Gasteiger partial charge is 0.165 e. The lowest BCUT2D eigenvalue weighted by Gasteiger charge is -2.06. The minimum atomic E-state index is -0.0669. The average molecular weight is 246 g/mol. The third-order valence-electron chi connectivity index (χ3n) is 2.57. The second kappa shape index (κ2) is 5.18. The molecule has 2 aromatic rings. The van der Waals surface area contributed by atoms with E-state index >= 15 is 0 Å². The van der Waals surface area contributed by atoms with Crippen LogP contribution in [0.25, 0.3) is 0 Å². The van der Waals surface area contributed by atoms with E-state index in [1.165, 1.54) is 0 Å². The molecule has 1 atom stereocenters. The molecule has 0 amide bonds. The molecule has 2 rings (SSSR count). The van der Waals surface area contributed by atoms with Crippen LogP contribution in [0.5, 0.6) is 11.5 Å². The fraction of sp³-hybridized carbons (Fsp3) is 0.385. The van der Waals surface area contributed by atoms with Crippen LogP contribution >= 0.6 is 0 Å². The lowest BCUT2D eigenvalue weighted by atomic mass is 10.2. The summed E-state index contributed by atoms with van der Waals surface area (Å²) in [7, 11) is 0. The van der Waals surface area contributed by atoms with Gasteiger partial charge in [0.15, 0.2) is 5.75 Å². The summed E-state index contributed by atoms with van der Waals surface area (Å²) < 4.78 is 7.50. The minimum Gasteiger partial charge on any atom is -0.452 e. The number of nitrogens with zero attached hydrogens (tertiary/aromatic N) is 3. The zero-order valence-corrected chi connectivity index (χ0v) is 10.9. The Hall–Kier alpha value is -1.88. The predicted molar refractivity (Wildman–Crippen MR) is 69.5 cm³/mol. The normalized spacial score (nSPS) is 12.7. The Labute approximate surface area is 107 Å². The van der Waals surface area contributed by atoms with Gasteiger partial charge in [0.25, 0.3) is 0 Å². The summed E-state index contributed by atoms with van der Waals surface area (Å²) in [6.07, 6.45) is 5.23. The molecule has 0 saturated carbocycles. The van der Waals surface area contributed by atoms with Crippen LogP contribution in [-0.4, -0.2) is 14.8 Å². The van der Waals surface area contributed by atoms with Gasteiger partial charge in [-0.3, -0.25) is 9.67 Å². The maximum absolute atomic E-state index is 5.74. The van der Waals surface area contributed by atoms with E-state index in [0.29, 0.717) is 17.5 Å². The van der Waals surface area contributed by atoms with Crippen LogP contribution in [0.1, 0.15) is 38.5 Å². The number of rotatable bonds is 4. The average Bonchev–Trinajstić information content (AvgIpc) is 2.78. The van der Waals surface area contributed by atoms with Gasteiger partial charge in [-0.05, 0) is 32.9 Å². The molecule has 0 spiro atoms. The fourth-order valence-electron chi connectivity index (χ4n) is 1.51. The molecule has 1 unspecified atom stereocenters. The molecular weight excluding hydrogens is 228 g/mol. The van der Waals surface area contributed by atoms with Crippen LogP contribution in [0.4, 0.5) is 0 Å². The second-order valence-corrected chi connectivity index (χ2v) is 4.56. The van der Waals surface area contributed by atoms with Crippen molar-refractivity contribution in [3.63, 3.8) is 0 Å². The molecular formula is C13H18N4O. The van der Waals surface area contributed by atoms with Gasteiger partial charge in [-0.2, -0.15) is 5.10 Å². The first-order valence-electron chi connectivity index (χ1n) is 6.00. The van der Waals surface area contributed by atoms with Gasteiger partial charge < -0.3 is 10.5 Å². The lowest BCUT2D eigenvalue weighted by molar-refractivity contribution is 0.474. The van der Waals surface area contributed by atoms with Crippen molar-refractivity contribution in [2.24, 2.45) is 5.73 Å². The summed E-state index contributed by atoms with van der Waals surface area (Å²) in [5, 5.41) is 4.21. The van der Waals surface area contributed by atoms with Crippen LogP contribution in [0.3, 0.4) is 0 Å². The first-order valence-corrected chi connectivity index (χ1v) is 6.00. The summed E-state index contributed by atoms with van der Waals surface area (Å²) in [6.45, 7) is 6.03. The Morgan fingerprint density at radius 2 is 1.94 bits per heavy atom. The zero-order chi connectivity index (χ0) is 13.1. The highest BCUT2D eigenvalue weighted by molar-refractivity contribution is 5.27. The van der Waals surface area contributed by atoms with Crippen molar-refractivity contribution >= 4 is 0 Å². The molecule has 0 radical (unpaired) electrons. The molecule has 0 aromatic carbocycles. The number of hydrogen-bond acceptors (Lipinski definition) is 4. The zero-order valence-electron chi connectivity index (χ0n) is 10.9. The van der Waals surface area contributed by atoms with Gasteiger partial charge in [-0.1, -0.05) is 0 Å². The van der Waals surface area contributed by atoms with Crippen LogP contribution in [-0.2, 0) is 0 Å². The van der Waals surface area contributed by atoms with Crippen LogP contribution < -0.4 is 10.5 Å². The van der Waals surface area contributed by atoms with E-state index < -0.39 is 0 Å². The van der Waals surface area contributed by atoms with Gasteiger partial charge in [0.2, 0.25) is 0 Å². The number of pyridine rings is 1. The van der Waals surface area contributed by atoms with E-state index in [1.54, 1.807) is 12.4 Å². The summed E-state index contributed by atoms with van der Waals surface area (Å²) in [5.41, 5.74) is 6.58. The van der Waals surface area contributed by atoms with Crippen molar-refractivity contribution in [3.8, 4) is 11.5 Å².